The summed E-state index contributed by atoms with van der Waals surface area (Å²) in [6, 6.07) is 7.77. The van der Waals surface area contributed by atoms with Gasteiger partial charge in [0, 0.05) is 17.9 Å². The fraction of sp³-hybridized carbons (Fsp3) is 0.467. The number of aromatic amines is 1. The van der Waals surface area contributed by atoms with Crippen molar-refractivity contribution in [2.75, 3.05) is 19.5 Å². The molecule has 2 aromatic rings. The minimum atomic E-state index is 0.340. The Morgan fingerprint density at radius 3 is 2.90 bits per heavy atom. The molecule has 112 valence electrons. The predicted molar refractivity (Wildman–Crippen MR) is 82.7 cm³/mol. The van der Waals surface area contributed by atoms with Crippen molar-refractivity contribution in [1.82, 2.24) is 15.2 Å². The second-order valence-electron chi connectivity index (χ2n) is 4.99. The van der Waals surface area contributed by atoms with Gasteiger partial charge in [-0.15, -0.1) is 5.10 Å². The van der Waals surface area contributed by atoms with E-state index in [1.54, 1.807) is 18.9 Å². The van der Waals surface area contributed by atoms with E-state index >= 15 is 0 Å². The minimum Gasteiger partial charge on any atom is -0.497 e. The molecular weight excluding hydrogens is 286 g/mol. The number of rotatable bonds is 5. The summed E-state index contributed by atoms with van der Waals surface area (Å²) in [5.74, 6) is 2.53. The van der Waals surface area contributed by atoms with Gasteiger partial charge in [-0.2, -0.15) is 0 Å². The van der Waals surface area contributed by atoms with Crippen LogP contribution in [0, 0.1) is 0 Å². The Hall–Kier alpha value is -1.53. The van der Waals surface area contributed by atoms with Crippen LogP contribution in [0.4, 0.5) is 0 Å². The SMILES string of the molecule is COc1ccc(-c2nc(SC[C@H]3CCCCO3)n[nH]2)cc1. The first kappa shape index (κ1) is 14.4. The first-order chi connectivity index (χ1) is 10.3. The third kappa shape index (κ3) is 3.77. The topological polar surface area (TPSA) is 60.0 Å². The van der Waals surface area contributed by atoms with E-state index < -0.39 is 0 Å². The molecule has 3 rings (SSSR count). The Balaban J connectivity index is 1.59. The molecular formula is C15H19N3O2S. The molecule has 1 aromatic heterocycles. The smallest absolute Gasteiger partial charge is 0.208 e. The van der Waals surface area contributed by atoms with Crippen LogP contribution >= 0.6 is 11.8 Å². The van der Waals surface area contributed by atoms with Crippen LogP contribution in [-0.2, 0) is 4.74 Å². The van der Waals surface area contributed by atoms with Crippen molar-refractivity contribution in [1.29, 1.82) is 0 Å². The molecule has 5 nitrogen and oxygen atoms in total. The number of benzene rings is 1. The molecule has 1 fully saturated rings. The maximum absolute atomic E-state index is 5.72. The Bertz CT molecular complexity index is 565. The van der Waals surface area contributed by atoms with Gasteiger partial charge >= 0.3 is 0 Å². The van der Waals surface area contributed by atoms with Gasteiger partial charge in [0.15, 0.2) is 5.82 Å². The second kappa shape index (κ2) is 6.95. The van der Waals surface area contributed by atoms with Gasteiger partial charge in [-0.05, 0) is 43.5 Å². The van der Waals surface area contributed by atoms with Crippen LogP contribution in [-0.4, -0.2) is 40.8 Å². The average molecular weight is 305 g/mol. The predicted octanol–water partition coefficient (Wildman–Crippen LogP) is 3.14. The van der Waals surface area contributed by atoms with Gasteiger partial charge in [0.25, 0.3) is 0 Å². The lowest BCUT2D eigenvalue weighted by atomic mass is 10.1. The first-order valence-corrected chi connectivity index (χ1v) is 8.15. The summed E-state index contributed by atoms with van der Waals surface area (Å²) in [7, 11) is 1.66. The maximum atomic E-state index is 5.72. The molecule has 0 aliphatic carbocycles. The van der Waals surface area contributed by atoms with Crippen molar-refractivity contribution in [2.45, 2.75) is 30.5 Å². The van der Waals surface area contributed by atoms with Gasteiger partial charge in [0.05, 0.1) is 13.2 Å². The number of aromatic nitrogens is 3. The van der Waals surface area contributed by atoms with Crippen molar-refractivity contribution in [3.63, 3.8) is 0 Å². The summed E-state index contributed by atoms with van der Waals surface area (Å²) in [4.78, 5) is 4.52. The molecule has 1 aliphatic rings. The zero-order valence-electron chi connectivity index (χ0n) is 12.0. The Kier molecular flexibility index (Phi) is 4.77. The molecule has 0 saturated carbocycles. The van der Waals surface area contributed by atoms with Crippen LogP contribution in [0.5, 0.6) is 5.75 Å². The number of thioether (sulfide) groups is 1. The third-order valence-electron chi connectivity index (χ3n) is 3.50. The molecule has 6 heteroatoms. The Morgan fingerprint density at radius 1 is 1.33 bits per heavy atom. The molecule has 1 aromatic carbocycles. The molecule has 0 radical (unpaired) electrons. The standard InChI is InChI=1S/C15H19N3O2S/c1-19-12-7-5-11(6-8-12)14-16-15(18-17-14)21-10-13-4-2-3-9-20-13/h5-8,13H,2-4,9-10H2,1H3,(H,16,17,18)/t13-/m1/s1. The Morgan fingerprint density at radius 2 is 2.19 bits per heavy atom. The van der Waals surface area contributed by atoms with Crippen molar-refractivity contribution >= 4 is 11.8 Å². The molecule has 2 heterocycles. The number of hydrogen-bond donors (Lipinski definition) is 1. The van der Waals surface area contributed by atoms with Gasteiger partial charge in [-0.1, -0.05) is 11.8 Å². The monoisotopic (exact) mass is 305 g/mol. The summed E-state index contributed by atoms with van der Waals surface area (Å²) in [6.45, 7) is 0.885. The van der Waals surface area contributed by atoms with Crippen molar-refractivity contribution < 1.29 is 9.47 Å². The van der Waals surface area contributed by atoms with Gasteiger partial charge in [-0.25, -0.2) is 4.98 Å². The van der Waals surface area contributed by atoms with Crippen LogP contribution in [0.25, 0.3) is 11.4 Å². The average Bonchev–Trinajstić information content (AvgIpc) is 3.03. The van der Waals surface area contributed by atoms with E-state index in [9.17, 15) is 0 Å². The van der Waals surface area contributed by atoms with E-state index in [1.165, 1.54) is 12.8 Å². The minimum absolute atomic E-state index is 0.340. The largest absolute Gasteiger partial charge is 0.497 e. The van der Waals surface area contributed by atoms with Gasteiger partial charge in [0.2, 0.25) is 5.16 Å². The molecule has 0 unspecified atom stereocenters. The van der Waals surface area contributed by atoms with Crippen LogP contribution in [0.3, 0.4) is 0 Å². The fourth-order valence-electron chi connectivity index (χ4n) is 2.30. The van der Waals surface area contributed by atoms with Gasteiger partial charge in [-0.3, -0.25) is 5.10 Å². The van der Waals surface area contributed by atoms with E-state index in [4.69, 9.17) is 9.47 Å². The van der Waals surface area contributed by atoms with Crippen molar-refractivity contribution in [2.24, 2.45) is 0 Å². The molecule has 0 amide bonds. The first-order valence-electron chi connectivity index (χ1n) is 7.16. The number of H-pyrrole nitrogens is 1. The van der Waals surface area contributed by atoms with Gasteiger partial charge < -0.3 is 9.47 Å². The summed E-state index contributed by atoms with van der Waals surface area (Å²) >= 11 is 1.65. The number of methoxy groups -OCH3 is 1. The highest BCUT2D eigenvalue weighted by Crippen LogP contribution is 2.24. The molecule has 0 spiro atoms. The lowest BCUT2D eigenvalue weighted by Crippen LogP contribution is -2.21. The number of nitrogens with zero attached hydrogens (tertiary/aromatic N) is 2. The molecule has 0 bridgehead atoms. The summed E-state index contributed by atoms with van der Waals surface area (Å²) in [5, 5.41) is 8.02. The Labute approximate surface area is 128 Å². The van der Waals surface area contributed by atoms with Crippen LogP contribution in [0.1, 0.15) is 19.3 Å². The lowest BCUT2D eigenvalue weighted by molar-refractivity contribution is 0.0315. The quantitative estimate of drug-likeness (QED) is 0.860. The zero-order chi connectivity index (χ0) is 14.5. The summed E-state index contributed by atoms with van der Waals surface area (Å²) in [5.41, 5.74) is 1.00. The van der Waals surface area contributed by atoms with Crippen molar-refractivity contribution in [3.8, 4) is 17.1 Å². The van der Waals surface area contributed by atoms with E-state index in [1.807, 2.05) is 24.3 Å². The number of hydrogen-bond acceptors (Lipinski definition) is 5. The fourth-order valence-corrected chi connectivity index (χ4v) is 3.16. The molecule has 21 heavy (non-hydrogen) atoms. The second-order valence-corrected chi connectivity index (χ2v) is 5.98. The number of nitrogens with one attached hydrogen (secondary N) is 1. The normalized spacial score (nSPS) is 18.6. The van der Waals surface area contributed by atoms with E-state index in [0.29, 0.717) is 6.10 Å². The highest BCUT2D eigenvalue weighted by Gasteiger charge is 2.15. The van der Waals surface area contributed by atoms with Crippen LogP contribution in [0.2, 0.25) is 0 Å². The maximum Gasteiger partial charge on any atom is 0.208 e. The lowest BCUT2D eigenvalue weighted by Gasteiger charge is -2.21. The van der Waals surface area contributed by atoms with Gasteiger partial charge in [0.1, 0.15) is 5.75 Å². The van der Waals surface area contributed by atoms with E-state index in [-0.39, 0.29) is 0 Å². The van der Waals surface area contributed by atoms with Crippen LogP contribution in [0.15, 0.2) is 29.4 Å². The molecule has 1 atom stereocenters. The zero-order valence-corrected chi connectivity index (χ0v) is 12.9. The number of ether oxygens (including phenoxy) is 2. The summed E-state index contributed by atoms with van der Waals surface area (Å²) < 4.78 is 10.9. The van der Waals surface area contributed by atoms with E-state index in [2.05, 4.69) is 15.2 Å². The molecule has 1 N–H and O–H groups in total. The highest BCUT2D eigenvalue weighted by atomic mass is 32.2. The highest BCUT2D eigenvalue weighted by molar-refractivity contribution is 7.99. The van der Waals surface area contributed by atoms with Crippen molar-refractivity contribution in [3.05, 3.63) is 24.3 Å². The third-order valence-corrected chi connectivity index (χ3v) is 4.48. The van der Waals surface area contributed by atoms with E-state index in [0.717, 1.165) is 41.1 Å². The van der Waals surface area contributed by atoms with Crippen LogP contribution < -0.4 is 4.74 Å². The summed E-state index contributed by atoms with van der Waals surface area (Å²) in [6.07, 6.45) is 3.93. The molecule has 1 aliphatic heterocycles. The molecule has 1 saturated heterocycles.